The van der Waals surface area contributed by atoms with Gasteiger partial charge in [-0.3, -0.25) is 4.68 Å². The van der Waals surface area contributed by atoms with Crippen molar-refractivity contribution < 1.29 is 0 Å². The van der Waals surface area contributed by atoms with Gasteiger partial charge in [0.25, 0.3) is 0 Å². The molecule has 156 valence electrons. The topological polar surface area (TPSA) is 85.0 Å². The molecule has 9 heteroatoms. The summed E-state index contributed by atoms with van der Waals surface area (Å²) >= 11 is 0. The Balaban J connectivity index is 0.00000280. The number of rotatable bonds is 6. The van der Waals surface area contributed by atoms with Crippen LogP contribution in [0.15, 0.2) is 4.99 Å². The molecule has 1 unspecified atom stereocenters. The Morgan fingerprint density at radius 1 is 1.21 bits per heavy atom. The van der Waals surface area contributed by atoms with Crippen LogP contribution in [0.5, 0.6) is 0 Å². The average molecular weight is 500 g/mol. The zero-order valence-electron chi connectivity index (χ0n) is 17.6. The first kappa shape index (κ1) is 22.6. The fourth-order valence-electron chi connectivity index (χ4n) is 3.82. The predicted molar refractivity (Wildman–Crippen MR) is 122 cm³/mol. The van der Waals surface area contributed by atoms with Gasteiger partial charge in [-0.15, -0.1) is 24.0 Å². The second-order valence-corrected chi connectivity index (χ2v) is 6.98. The summed E-state index contributed by atoms with van der Waals surface area (Å²) in [7, 11) is 2.02. The number of nitrogens with zero attached hydrogens (tertiary/aromatic N) is 6. The lowest BCUT2D eigenvalue weighted by molar-refractivity contribution is 0.397. The van der Waals surface area contributed by atoms with Crippen molar-refractivity contribution in [2.45, 2.75) is 72.5 Å². The van der Waals surface area contributed by atoms with Gasteiger partial charge >= 0.3 is 0 Å². The molecule has 0 fully saturated rings. The first-order chi connectivity index (χ1) is 13.1. The van der Waals surface area contributed by atoms with Crippen LogP contribution in [0.2, 0.25) is 0 Å². The van der Waals surface area contributed by atoms with E-state index in [2.05, 4.69) is 46.6 Å². The number of nitrogens with one attached hydrogen (secondary N) is 2. The van der Waals surface area contributed by atoms with E-state index in [9.17, 15) is 0 Å². The lowest BCUT2D eigenvalue weighted by Gasteiger charge is -2.25. The molecule has 1 atom stereocenters. The second kappa shape index (κ2) is 10.2. The van der Waals surface area contributed by atoms with Crippen molar-refractivity contribution in [3.05, 3.63) is 28.6 Å². The summed E-state index contributed by atoms with van der Waals surface area (Å²) in [4.78, 5) is 9.49. The second-order valence-electron chi connectivity index (χ2n) is 6.98. The minimum atomic E-state index is 0. The molecule has 8 nitrogen and oxygen atoms in total. The minimum absolute atomic E-state index is 0. The number of hydrogen-bond donors (Lipinski definition) is 2. The third-order valence-corrected chi connectivity index (χ3v) is 5.06. The summed E-state index contributed by atoms with van der Waals surface area (Å²) in [6.07, 6.45) is 4.02. The van der Waals surface area contributed by atoms with E-state index < -0.39 is 0 Å². The summed E-state index contributed by atoms with van der Waals surface area (Å²) in [5, 5.41) is 16.1. The summed E-state index contributed by atoms with van der Waals surface area (Å²) in [6, 6.07) is 0.142. The smallest absolute Gasteiger partial charge is 0.192 e. The summed E-state index contributed by atoms with van der Waals surface area (Å²) in [5.74, 6) is 2.66. The first-order valence-electron chi connectivity index (χ1n) is 10.1. The largest absolute Gasteiger partial charge is 0.357 e. The number of hydrogen-bond acceptors (Lipinski definition) is 4. The maximum absolute atomic E-state index is 4.87. The molecule has 3 rings (SSSR count). The molecule has 0 amide bonds. The van der Waals surface area contributed by atoms with Crippen molar-refractivity contribution in [3.63, 3.8) is 0 Å². The molecule has 2 aromatic heterocycles. The number of guanidine groups is 1. The zero-order valence-corrected chi connectivity index (χ0v) is 19.9. The van der Waals surface area contributed by atoms with E-state index >= 15 is 0 Å². The number of halogens is 1. The van der Waals surface area contributed by atoms with Crippen molar-refractivity contribution in [1.29, 1.82) is 0 Å². The molecule has 3 heterocycles. The molecule has 0 spiro atoms. The zero-order chi connectivity index (χ0) is 19.4. The van der Waals surface area contributed by atoms with Crippen molar-refractivity contribution in [2.24, 2.45) is 12.0 Å². The maximum Gasteiger partial charge on any atom is 0.192 e. The summed E-state index contributed by atoms with van der Waals surface area (Å²) in [6.45, 7) is 10.7. The van der Waals surface area contributed by atoms with E-state index in [1.165, 1.54) is 11.3 Å². The molecule has 28 heavy (non-hydrogen) atoms. The van der Waals surface area contributed by atoms with Gasteiger partial charge in [0.15, 0.2) is 5.96 Å². The first-order valence-corrected chi connectivity index (χ1v) is 10.1. The molecule has 1 aliphatic heterocycles. The van der Waals surface area contributed by atoms with E-state index in [4.69, 9.17) is 4.99 Å². The van der Waals surface area contributed by atoms with E-state index in [0.29, 0.717) is 6.54 Å². The Labute approximate surface area is 184 Å². The minimum Gasteiger partial charge on any atom is -0.357 e. The molecule has 0 bridgehead atoms. The van der Waals surface area contributed by atoms with Crippen LogP contribution in [-0.2, 0) is 33.0 Å². The lowest BCUT2D eigenvalue weighted by Crippen LogP contribution is -2.41. The van der Waals surface area contributed by atoms with Crippen LogP contribution >= 0.6 is 24.0 Å². The molecule has 0 saturated heterocycles. The van der Waals surface area contributed by atoms with Gasteiger partial charge < -0.3 is 10.6 Å². The standard InChI is InChI=1S/C19H32N8.HI/c1-6-15-14(17(7-2)26(5)25-15)12-21-19(20-8-3)23-16-10-9-11-27-18(16)22-13(4)24-27;/h16H,6-12H2,1-5H3,(H2,20,21,23);1H. The monoisotopic (exact) mass is 500 g/mol. The van der Waals surface area contributed by atoms with Crippen LogP contribution in [0.25, 0.3) is 0 Å². The highest BCUT2D eigenvalue weighted by Gasteiger charge is 2.24. The number of fused-ring (bicyclic) bond motifs is 1. The number of aryl methyl sites for hydroxylation is 4. The van der Waals surface area contributed by atoms with E-state index in [1.54, 1.807) is 0 Å². The normalized spacial score (nSPS) is 16.5. The SMILES string of the molecule is CCNC(=NCc1c(CC)nn(C)c1CC)NC1CCCn2nc(C)nc21.I. The van der Waals surface area contributed by atoms with Crippen LogP contribution in [-0.4, -0.2) is 37.0 Å². The Morgan fingerprint density at radius 3 is 2.68 bits per heavy atom. The van der Waals surface area contributed by atoms with Crippen LogP contribution in [0.3, 0.4) is 0 Å². The quantitative estimate of drug-likeness (QED) is 0.362. The lowest BCUT2D eigenvalue weighted by atomic mass is 10.1. The van der Waals surface area contributed by atoms with Crippen molar-refractivity contribution in [2.75, 3.05) is 6.54 Å². The van der Waals surface area contributed by atoms with Crippen molar-refractivity contribution >= 4 is 29.9 Å². The Bertz CT molecular complexity index is 807. The van der Waals surface area contributed by atoms with E-state index in [0.717, 1.165) is 62.1 Å². The molecule has 0 aliphatic carbocycles. The molecular formula is C19H33IN8. The summed E-state index contributed by atoms with van der Waals surface area (Å²) < 4.78 is 4.02. The van der Waals surface area contributed by atoms with Crippen LogP contribution in [0.1, 0.15) is 68.3 Å². The fourth-order valence-corrected chi connectivity index (χ4v) is 3.82. The molecule has 0 saturated carbocycles. The summed E-state index contributed by atoms with van der Waals surface area (Å²) in [5.41, 5.74) is 3.66. The molecule has 2 N–H and O–H groups in total. The van der Waals surface area contributed by atoms with Gasteiger partial charge in [0, 0.05) is 31.4 Å². The third-order valence-electron chi connectivity index (χ3n) is 5.06. The number of aliphatic imine (C=N–C) groups is 1. The highest BCUT2D eigenvalue weighted by molar-refractivity contribution is 14.0. The van der Waals surface area contributed by atoms with Gasteiger partial charge in [0.1, 0.15) is 11.6 Å². The van der Waals surface area contributed by atoms with Gasteiger partial charge in [0.05, 0.1) is 18.3 Å². The molecule has 0 radical (unpaired) electrons. The maximum atomic E-state index is 4.87. The molecule has 1 aliphatic rings. The highest BCUT2D eigenvalue weighted by atomic mass is 127. The van der Waals surface area contributed by atoms with Gasteiger partial charge in [-0.2, -0.15) is 10.2 Å². The van der Waals surface area contributed by atoms with Gasteiger partial charge in [0.2, 0.25) is 0 Å². The Kier molecular flexibility index (Phi) is 8.26. The van der Waals surface area contributed by atoms with Gasteiger partial charge in [-0.05, 0) is 39.5 Å². The fraction of sp³-hybridized carbons (Fsp3) is 0.684. The highest BCUT2D eigenvalue weighted by Crippen LogP contribution is 2.23. The average Bonchev–Trinajstić information content (AvgIpc) is 3.18. The van der Waals surface area contributed by atoms with Crippen molar-refractivity contribution in [1.82, 2.24) is 35.2 Å². The van der Waals surface area contributed by atoms with Crippen molar-refractivity contribution in [3.8, 4) is 0 Å². The molecule has 2 aromatic rings. The molecule has 0 aromatic carbocycles. The Morgan fingerprint density at radius 2 is 2.00 bits per heavy atom. The van der Waals surface area contributed by atoms with Crippen LogP contribution < -0.4 is 10.6 Å². The van der Waals surface area contributed by atoms with Crippen LogP contribution in [0.4, 0.5) is 0 Å². The predicted octanol–water partition coefficient (Wildman–Crippen LogP) is 2.65. The van der Waals surface area contributed by atoms with Gasteiger partial charge in [-0.1, -0.05) is 13.8 Å². The van der Waals surface area contributed by atoms with E-state index in [-0.39, 0.29) is 30.0 Å². The van der Waals surface area contributed by atoms with E-state index in [1.807, 2.05) is 23.3 Å². The number of aromatic nitrogens is 5. The third kappa shape index (κ3) is 4.84. The van der Waals surface area contributed by atoms with Gasteiger partial charge in [-0.25, -0.2) is 14.7 Å². The van der Waals surface area contributed by atoms with Crippen LogP contribution in [0, 0.1) is 6.92 Å². The molecular weight excluding hydrogens is 467 g/mol. The Hall–Kier alpha value is -1.65.